The molecule has 1 N–H and O–H groups in total. The van der Waals surface area contributed by atoms with Crippen molar-refractivity contribution < 1.29 is 4.74 Å². The number of hydrogen-bond acceptors (Lipinski definition) is 2. The number of rotatable bonds is 6. The van der Waals surface area contributed by atoms with Gasteiger partial charge in [-0.05, 0) is 50.5 Å². The van der Waals surface area contributed by atoms with Gasteiger partial charge in [-0.2, -0.15) is 0 Å². The molecule has 2 nitrogen and oxygen atoms in total. The third kappa shape index (κ3) is 5.87. The van der Waals surface area contributed by atoms with Gasteiger partial charge in [0, 0.05) is 6.04 Å². The molecule has 0 bridgehead atoms. The first-order chi connectivity index (χ1) is 7.93. The summed E-state index contributed by atoms with van der Waals surface area (Å²) in [6.07, 6.45) is 5.47. The molecule has 2 heteroatoms. The Balaban J connectivity index is 2.26. The van der Waals surface area contributed by atoms with Crippen LogP contribution in [0.25, 0.3) is 0 Å². The van der Waals surface area contributed by atoms with Gasteiger partial charge < -0.3 is 10.1 Å². The van der Waals surface area contributed by atoms with Crippen LogP contribution in [0.5, 0.6) is 0 Å². The summed E-state index contributed by atoms with van der Waals surface area (Å²) in [4.78, 5) is 0. The average molecular weight is 241 g/mol. The fraction of sp³-hybridized carbons (Fsp3) is 1.00. The zero-order valence-corrected chi connectivity index (χ0v) is 12.4. The van der Waals surface area contributed by atoms with Gasteiger partial charge in [0.05, 0.1) is 12.7 Å². The van der Waals surface area contributed by atoms with Crippen molar-refractivity contribution in [2.75, 3.05) is 13.2 Å². The topological polar surface area (TPSA) is 21.3 Å². The predicted octanol–water partition coefficient (Wildman–Crippen LogP) is 3.61. The van der Waals surface area contributed by atoms with Crippen LogP contribution in [0.4, 0.5) is 0 Å². The van der Waals surface area contributed by atoms with Crippen LogP contribution in [-0.4, -0.2) is 25.3 Å². The van der Waals surface area contributed by atoms with E-state index in [1.807, 2.05) is 0 Å². The molecule has 0 aromatic carbocycles. The summed E-state index contributed by atoms with van der Waals surface area (Å²) in [6, 6.07) is 0.482. The standard InChI is InChI=1S/C15H31NO/c1-6-7-16-13(3)11-17-14-8-12(2)9-15(4,5)10-14/h12-14,16H,6-11H2,1-5H3. The lowest BCUT2D eigenvalue weighted by Crippen LogP contribution is -2.37. The Morgan fingerprint density at radius 1 is 1.35 bits per heavy atom. The highest BCUT2D eigenvalue weighted by molar-refractivity contribution is 4.83. The lowest BCUT2D eigenvalue weighted by Gasteiger charge is -2.39. The summed E-state index contributed by atoms with van der Waals surface area (Å²) >= 11 is 0. The van der Waals surface area contributed by atoms with Crippen molar-refractivity contribution in [2.24, 2.45) is 11.3 Å². The second-order valence-electron chi connectivity index (χ2n) is 6.72. The molecule has 0 radical (unpaired) electrons. The largest absolute Gasteiger partial charge is 0.377 e. The highest BCUT2D eigenvalue weighted by Crippen LogP contribution is 2.39. The van der Waals surface area contributed by atoms with Crippen molar-refractivity contribution in [2.45, 2.75) is 72.4 Å². The third-order valence-electron chi connectivity index (χ3n) is 3.67. The highest BCUT2D eigenvalue weighted by Gasteiger charge is 2.32. The van der Waals surface area contributed by atoms with Crippen molar-refractivity contribution in [3.05, 3.63) is 0 Å². The summed E-state index contributed by atoms with van der Waals surface area (Å²) in [6.45, 7) is 13.5. The Labute approximate surface area is 108 Å². The monoisotopic (exact) mass is 241 g/mol. The van der Waals surface area contributed by atoms with E-state index in [9.17, 15) is 0 Å². The molecule has 1 aliphatic rings. The Bertz CT molecular complexity index is 215. The molecule has 3 unspecified atom stereocenters. The van der Waals surface area contributed by atoms with E-state index in [2.05, 4.69) is 39.9 Å². The minimum Gasteiger partial charge on any atom is -0.377 e. The normalized spacial score (nSPS) is 30.2. The van der Waals surface area contributed by atoms with Gasteiger partial charge >= 0.3 is 0 Å². The third-order valence-corrected chi connectivity index (χ3v) is 3.67. The van der Waals surface area contributed by atoms with E-state index in [4.69, 9.17) is 4.74 Å². The van der Waals surface area contributed by atoms with Crippen LogP contribution >= 0.6 is 0 Å². The molecule has 0 amide bonds. The molecule has 1 fully saturated rings. The minimum atomic E-state index is 0.461. The molecule has 0 saturated heterocycles. The molecule has 1 aliphatic carbocycles. The van der Waals surface area contributed by atoms with Gasteiger partial charge in [0.25, 0.3) is 0 Å². The van der Waals surface area contributed by atoms with Crippen LogP contribution < -0.4 is 5.32 Å². The lowest BCUT2D eigenvalue weighted by atomic mass is 9.71. The van der Waals surface area contributed by atoms with E-state index in [1.54, 1.807) is 0 Å². The van der Waals surface area contributed by atoms with Crippen molar-refractivity contribution in [1.82, 2.24) is 5.32 Å². The van der Waals surface area contributed by atoms with Crippen LogP contribution in [-0.2, 0) is 4.74 Å². The van der Waals surface area contributed by atoms with Crippen molar-refractivity contribution in [3.8, 4) is 0 Å². The molecule has 0 aliphatic heterocycles. The molecule has 102 valence electrons. The molecule has 1 saturated carbocycles. The van der Waals surface area contributed by atoms with Crippen LogP contribution in [0, 0.1) is 11.3 Å². The molecule has 1 rings (SSSR count). The van der Waals surface area contributed by atoms with Gasteiger partial charge in [-0.1, -0.05) is 27.7 Å². The number of nitrogens with one attached hydrogen (secondary N) is 1. The fourth-order valence-electron chi connectivity index (χ4n) is 3.12. The molecular weight excluding hydrogens is 210 g/mol. The van der Waals surface area contributed by atoms with E-state index in [1.165, 1.54) is 25.7 Å². The average Bonchev–Trinajstić information content (AvgIpc) is 2.20. The zero-order valence-electron chi connectivity index (χ0n) is 12.4. The zero-order chi connectivity index (χ0) is 12.9. The van der Waals surface area contributed by atoms with Gasteiger partial charge in [-0.25, -0.2) is 0 Å². The molecule has 0 aromatic rings. The molecule has 0 spiro atoms. The summed E-state index contributed by atoms with van der Waals surface area (Å²) in [5.74, 6) is 0.808. The van der Waals surface area contributed by atoms with Crippen molar-refractivity contribution in [1.29, 1.82) is 0 Å². The van der Waals surface area contributed by atoms with Crippen molar-refractivity contribution >= 4 is 0 Å². The molecule has 17 heavy (non-hydrogen) atoms. The quantitative estimate of drug-likeness (QED) is 0.767. The molecule has 0 heterocycles. The SMILES string of the molecule is CCCNC(C)COC1CC(C)CC(C)(C)C1. The second-order valence-corrected chi connectivity index (χ2v) is 6.72. The van der Waals surface area contributed by atoms with E-state index < -0.39 is 0 Å². The first-order valence-corrected chi connectivity index (χ1v) is 7.28. The molecule has 0 aromatic heterocycles. The highest BCUT2D eigenvalue weighted by atomic mass is 16.5. The number of hydrogen-bond donors (Lipinski definition) is 1. The Hall–Kier alpha value is -0.0800. The predicted molar refractivity (Wildman–Crippen MR) is 74.3 cm³/mol. The Kier molecular flexibility index (Phi) is 5.94. The fourth-order valence-corrected chi connectivity index (χ4v) is 3.12. The molecule has 3 atom stereocenters. The first-order valence-electron chi connectivity index (χ1n) is 7.28. The maximum atomic E-state index is 6.09. The summed E-state index contributed by atoms with van der Waals surface area (Å²) in [5.41, 5.74) is 0.461. The van der Waals surface area contributed by atoms with Gasteiger partial charge in [-0.3, -0.25) is 0 Å². The van der Waals surface area contributed by atoms with E-state index in [-0.39, 0.29) is 0 Å². The number of ether oxygens (including phenoxy) is 1. The van der Waals surface area contributed by atoms with Gasteiger partial charge in [0.15, 0.2) is 0 Å². The van der Waals surface area contributed by atoms with E-state index >= 15 is 0 Å². The first kappa shape index (κ1) is 15.0. The molecular formula is C15H31NO. The second kappa shape index (κ2) is 6.75. The van der Waals surface area contributed by atoms with Gasteiger partial charge in [0.2, 0.25) is 0 Å². The smallest absolute Gasteiger partial charge is 0.0620 e. The van der Waals surface area contributed by atoms with Crippen LogP contribution in [0.1, 0.15) is 60.3 Å². The van der Waals surface area contributed by atoms with E-state index in [0.29, 0.717) is 17.6 Å². The van der Waals surface area contributed by atoms with Crippen molar-refractivity contribution in [3.63, 3.8) is 0 Å². The summed E-state index contributed by atoms with van der Waals surface area (Å²) < 4.78 is 6.09. The Morgan fingerprint density at radius 3 is 2.65 bits per heavy atom. The maximum absolute atomic E-state index is 6.09. The van der Waals surface area contributed by atoms with Crippen LogP contribution in [0.2, 0.25) is 0 Å². The van der Waals surface area contributed by atoms with Crippen LogP contribution in [0.15, 0.2) is 0 Å². The maximum Gasteiger partial charge on any atom is 0.0620 e. The minimum absolute atomic E-state index is 0.461. The van der Waals surface area contributed by atoms with E-state index in [0.717, 1.165) is 19.1 Å². The van der Waals surface area contributed by atoms with Crippen LogP contribution in [0.3, 0.4) is 0 Å². The lowest BCUT2D eigenvalue weighted by molar-refractivity contribution is -0.0291. The summed E-state index contributed by atoms with van der Waals surface area (Å²) in [5, 5.41) is 3.48. The van der Waals surface area contributed by atoms with Gasteiger partial charge in [-0.15, -0.1) is 0 Å². The van der Waals surface area contributed by atoms with Gasteiger partial charge in [0.1, 0.15) is 0 Å². The summed E-state index contributed by atoms with van der Waals surface area (Å²) in [7, 11) is 0. The Morgan fingerprint density at radius 2 is 2.06 bits per heavy atom.